The number of rotatable bonds is 5. The number of aliphatic hydroxyl groups is 1. The number of aromatic nitrogens is 3. The van der Waals surface area contributed by atoms with Gasteiger partial charge in [-0.3, -0.25) is 4.98 Å². The maximum atomic E-state index is 12.9. The maximum absolute atomic E-state index is 12.9. The van der Waals surface area contributed by atoms with E-state index in [-0.39, 0.29) is 16.9 Å². The fraction of sp³-hybridized carbons (Fsp3) is 0.294. The third kappa shape index (κ3) is 3.15. The zero-order valence-corrected chi connectivity index (χ0v) is 14.1. The molecule has 1 aromatic carbocycles. The number of hydrogen-bond donors (Lipinski definition) is 3. The Kier molecular flexibility index (Phi) is 4.03. The van der Waals surface area contributed by atoms with Gasteiger partial charge in [0.05, 0.1) is 40.1 Å². The number of nitrogens with zero attached hydrogens (tertiary/aromatic N) is 2. The molecule has 7 nitrogen and oxygen atoms in total. The quantitative estimate of drug-likeness (QED) is 0.644. The summed E-state index contributed by atoms with van der Waals surface area (Å²) in [5, 5.41) is 9.62. The van der Waals surface area contributed by atoms with Gasteiger partial charge in [-0.25, -0.2) is 18.1 Å². The van der Waals surface area contributed by atoms with Crippen molar-refractivity contribution < 1.29 is 13.5 Å². The summed E-state index contributed by atoms with van der Waals surface area (Å²) in [6.07, 6.45) is 3.91. The van der Waals surface area contributed by atoms with Gasteiger partial charge in [0.25, 0.3) is 0 Å². The first kappa shape index (κ1) is 16.2. The van der Waals surface area contributed by atoms with E-state index in [0.29, 0.717) is 29.6 Å². The van der Waals surface area contributed by atoms with Crippen LogP contribution in [-0.2, 0) is 10.0 Å². The molecule has 3 N–H and O–H groups in total. The first-order valence-electron chi connectivity index (χ1n) is 8.07. The monoisotopic (exact) mass is 358 g/mol. The van der Waals surface area contributed by atoms with Crippen molar-refractivity contribution in [2.24, 2.45) is 5.92 Å². The highest BCUT2D eigenvalue weighted by molar-refractivity contribution is 7.89. The van der Waals surface area contributed by atoms with E-state index in [1.54, 1.807) is 30.5 Å². The van der Waals surface area contributed by atoms with Crippen LogP contribution in [0.3, 0.4) is 0 Å². The van der Waals surface area contributed by atoms with Gasteiger partial charge in [0, 0.05) is 6.20 Å². The summed E-state index contributed by atoms with van der Waals surface area (Å²) in [4.78, 5) is 11.5. The van der Waals surface area contributed by atoms with E-state index in [4.69, 9.17) is 0 Å². The molecule has 3 aromatic rings. The molecule has 0 amide bonds. The van der Waals surface area contributed by atoms with Gasteiger partial charge in [-0.15, -0.1) is 0 Å². The smallest absolute Gasteiger partial charge is 0.241 e. The summed E-state index contributed by atoms with van der Waals surface area (Å²) in [6, 6.07) is 9.73. The molecule has 2 heterocycles. The number of pyridine rings is 1. The summed E-state index contributed by atoms with van der Waals surface area (Å²) in [5.41, 5.74) is 2.03. The average Bonchev–Trinajstić information content (AvgIpc) is 3.06. The molecule has 8 heteroatoms. The lowest BCUT2D eigenvalue weighted by Gasteiger charge is -2.37. The number of sulfonamides is 1. The Morgan fingerprint density at radius 3 is 2.76 bits per heavy atom. The van der Waals surface area contributed by atoms with Crippen LogP contribution in [0.2, 0.25) is 0 Å². The van der Waals surface area contributed by atoms with E-state index in [1.165, 1.54) is 12.4 Å². The van der Waals surface area contributed by atoms with Crippen molar-refractivity contribution in [2.45, 2.75) is 29.9 Å². The van der Waals surface area contributed by atoms with E-state index >= 15 is 0 Å². The first-order chi connectivity index (χ1) is 12.0. The Labute approximate surface area is 145 Å². The number of H-pyrrole nitrogens is 1. The normalized spacial score (nSPS) is 21.8. The van der Waals surface area contributed by atoms with Gasteiger partial charge in [-0.1, -0.05) is 6.07 Å². The number of imidazole rings is 1. The Bertz CT molecular complexity index is 981. The van der Waals surface area contributed by atoms with Crippen molar-refractivity contribution >= 4 is 21.1 Å². The standard InChI is InChI=1S/C17H18N4O3S/c22-12-7-11(8-12)17(15-3-1-2-6-18-15)21-25(23,24)13-4-5-14-16(9-13)20-10-19-14/h1-6,9-12,17,21-22H,7-8H2,(H,19,20). The Morgan fingerprint density at radius 1 is 1.20 bits per heavy atom. The zero-order valence-electron chi connectivity index (χ0n) is 13.3. The summed E-state index contributed by atoms with van der Waals surface area (Å²) in [7, 11) is -3.74. The van der Waals surface area contributed by atoms with Crippen molar-refractivity contribution in [2.75, 3.05) is 0 Å². The maximum Gasteiger partial charge on any atom is 0.241 e. The lowest BCUT2D eigenvalue weighted by molar-refractivity contribution is 0.0273. The fourth-order valence-corrected chi connectivity index (χ4v) is 4.48. The molecule has 0 radical (unpaired) electrons. The third-order valence-corrected chi connectivity index (χ3v) is 6.05. The molecule has 25 heavy (non-hydrogen) atoms. The molecule has 130 valence electrons. The van der Waals surface area contributed by atoms with Crippen LogP contribution in [0.25, 0.3) is 11.0 Å². The van der Waals surface area contributed by atoms with Crippen LogP contribution in [0.4, 0.5) is 0 Å². The number of aromatic amines is 1. The molecule has 1 saturated carbocycles. The highest BCUT2D eigenvalue weighted by atomic mass is 32.2. The van der Waals surface area contributed by atoms with Crippen molar-refractivity contribution in [1.82, 2.24) is 19.7 Å². The van der Waals surface area contributed by atoms with Crippen LogP contribution >= 0.6 is 0 Å². The summed E-state index contributed by atoms with van der Waals surface area (Å²) >= 11 is 0. The van der Waals surface area contributed by atoms with Crippen molar-refractivity contribution in [3.63, 3.8) is 0 Å². The van der Waals surface area contributed by atoms with E-state index in [9.17, 15) is 13.5 Å². The SMILES string of the molecule is O=S(=O)(NC(c1ccccn1)C1CC(O)C1)c1ccc2nc[nH]c2c1. The van der Waals surface area contributed by atoms with Crippen LogP contribution in [-0.4, -0.2) is 34.6 Å². The third-order valence-electron chi connectivity index (χ3n) is 4.61. The molecule has 0 aliphatic heterocycles. The van der Waals surface area contributed by atoms with Crippen LogP contribution in [0, 0.1) is 5.92 Å². The van der Waals surface area contributed by atoms with Crippen LogP contribution < -0.4 is 4.72 Å². The molecular weight excluding hydrogens is 340 g/mol. The van der Waals surface area contributed by atoms with Crippen molar-refractivity contribution in [1.29, 1.82) is 0 Å². The summed E-state index contributed by atoms with van der Waals surface area (Å²) in [6.45, 7) is 0. The van der Waals surface area contributed by atoms with E-state index in [1.807, 2.05) is 6.07 Å². The molecule has 0 spiro atoms. The summed E-state index contributed by atoms with van der Waals surface area (Å²) < 4.78 is 28.5. The van der Waals surface area contributed by atoms with Gasteiger partial charge in [-0.05, 0) is 49.1 Å². The van der Waals surface area contributed by atoms with Gasteiger partial charge in [-0.2, -0.15) is 0 Å². The van der Waals surface area contributed by atoms with E-state index in [2.05, 4.69) is 19.7 Å². The van der Waals surface area contributed by atoms with Crippen molar-refractivity contribution in [3.8, 4) is 0 Å². The molecule has 2 aromatic heterocycles. The predicted molar refractivity (Wildman–Crippen MR) is 92.1 cm³/mol. The lowest BCUT2D eigenvalue weighted by Crippen LogP contribution is -2.41. The average molecular weight is 358 g/mol. The molecule has 1 atom stereocenters. The van der Waals surface area contributed by atoms with Crippen molar-refractivity contribution in [3.05, 3.63) is 54.6 Å². The van der Waals surface area contributed by atoms with Gasteiger partial charge in [0.1, 0.15) is 0 Å². The van der Waals surface area contributed by atoms with Crippen LogP contribution in [0.5, 0.6) is 0 Å². The summed E-state index contributed by atoms with van der Waals surface area (Å²) in [5.74, 6) is 0.0237. The molecule has 1 fully saturated rings. The van der Waals surface area contributed by atoms with Gasteiger partial charge < -0.3 is 10.1 Å². The number of fused-ring (bicyclic) bond motifs is 1. The van der Waals surface area contributed by atoms with Crippen LogP contribution in [0.1, 0.15) is 24.6 Å². The number of aliphatic hydroxyl groups excluding tert-OH is 1. The zero-order chi connectivity index (χ0) is 17.4. The minimum atomic E-state index is -3.74. The number of hydrogen-bond acceptors (Lipinski definition) is 5. The Hall–Kier alpha value is -2.29. The van der Waals surface area contributed by atoms with E-state index in [0.717, 1.165) is 0 Å². The molecular formula is C17H18N4O3S. The minimum Gasteiger partial charge on any atom is -0.393 e. The molecule has 0 saturated heterocycles. The topological polar surface area (TPSA) is 108 Å². The van der Waals surface area contributed by atoms with Crippen LogP contribution in [0.15, 0.2) is 53.8 Å². The molecule has 1 aliphatic carbocycles. The number of benzene rings is 1. The molecule has 0 bridgehead atoms. The van der Waals surface area contributed by atoms with Gasteiger partial charge in [0.2, 0.25) is 10.0 Å². The highest BCUT2D eigenvalue weighted by Crippen LogP contribution is 2.38. The molecule has 1 unspecified atom stereocenters. The second-order valence-corrected chi connectivity index (χ2v) is 8.03. The highest BCUT2D eigenvalue weighted by Gasteiger charge is 2.37. The van der Waals surface area contributed by atoms with Gasteiger partial charge >= 0.3 is 0 Å². The molecule has 1 aliphatic rings. The van der Waals surface area contributed by atoms with E-state index < -0.39 is 16.1 Å². The Balaban J connectivity index is 1.66. The lowest BCUT2D eigenvalue weighted by atomic mass is 9.76. The second kappa shape index (κ2) is 6.21. The Morgan fingerprint density at radius 2 is 2.04 bits per heavy atom. The molecule has 4 rings (SSSR count). The largest absolute Gasteiger partial charge is 0.393 e. The minimum absolute atomic E-state index is 0.0237. The van der Waals surface area contributed by atoms with Gasteiger partial charge in [0.15, 0.2) is 0 Å². The second-order valence-electron chi connectivity index (χ2n) is 6.32. The number of nitrogens with one attached hydrogen (secondary N) is 2. The first-order valence-corrected chi connectivity index (χ1v) is 9.56. The fourth-order valence-electron chi connectivity index (χ4n) is 3.18. The predicted octanol–water partition coefficient (Wildman–Crippen LogP) is 1.75.